The second-order valence-electron chi connectivity index (χ2n) is 5.04. The molecule has 0 fully saturated rings. The van der Waals surface area contributed by atoms with E-state index >= 15 is 0 Å². The van der Waals surface area contributed by atoms with Crippen molar-refractivity contribution < 1.29 is 19.8 Å². The van der Waals surface area contributed by atoms with Crippen LogP contribution in [0.15, 0.2) is 46.6 Å². The third-order valence-electron chi connectivity index (χ3n) is 3.22. The van der Waals surface area contributed by atoms with Crippen LogP contribution in [-0.2, 0) is 9.59 Å². The predicted molar refractivity (Wildman–Crippen MR) is 79.5 cm³/mol. The van der Waals surface area contributed by atoms with Crippen LogP contribution in [-0.4, -0.2) is 22.2 Å². The van der Waals surface area contributed by atoms with Crippen molar-refractivity contribution in [1.29, 1.82) is 0 Å². The lowest BCUT2D eigenvalue weighted by molar-refractivity contribution is -0.136. The minimum Gasteiger partial charge on any atom is -0.478 e. The molecule has 0 aliphatic heterocycles. The molecule has 0 saturated heterocycles. The van der Waals surface area contributed by atoms with Crippen molar-refractivity contribution in [3.8, 4) is 0 Å². The lowest BCUT2D eigenvalue weighted by atomic mass is 9.87. The molecule has 0 atom stereocenters. The summed E-state index contributed by atoms with van der Waals surface area (Å²) in [4.78, 5) is 21.6. The van der Waals surface area contributed by atoms with Gasteiger partial charge in [0.25, 0.3) is 0 Å². The number of carbonyl (C=O) groups is 2. The molecule has 0 radical (unpaired) electrons. The van der Waals surface area contributed by atoms with Crippen molar-refractivity contribution in [1.82, 2.24) is 0 Å². The number of allylic oxidation sites excluding steroid dienone is 4. The first kappa shape index (κ1) is 17.9. The highest BCUT2D eigenvalue weighted by Gasteiger charge is 2.24. The van der Waals surface area contributed by atoms with E-state index in [0.717, 1.165) is 22.3 Å². The molecule has 0 spiro atoms. The van der Waals surface area contributed by atoms with Gasteiger partial charge in [-0.25, -0.2) is 9.59 Å². The average molecular weight is 278 g/mol. The molecule has 4 nitrogen and oxygen atoms in total. The van der Waals surface area contributed by atoms with Gasteiger partial charge in [-0.1, -0.05) is 35.5 Å². The zero-order valence-corrected chi connectivity index (χ0v) is 12.5. The van der Waals surface area contributed by atoms with Gasteiger partial charge in [-0.15, -0.1) is 0 Å². The maximum Gasteiger partial charge on any atom is 0.332 e. The van der Waals surface area contributed by atoms with Gasteiger partial charge in [0.2, 0.25) is 0 Å². The second kappa shape index (κ2) is 7.48. The van der Waals surface area contributed by atoms with Crippen molar-refractivity contribution in [3.05, 3.63) is 46.6 Å². The highest BCUT2D eigenvalue weighted by molar-refractivity contribution is 6.00. The molecule has 1 rings (SSSR count). The van der Waals surface area contributed by atoms with Crippen LogP contribution in [0.25, 0.3) is 0 Å². The number of aliphatic carboxylic acids is 2. The Hall–Kier alpha value is -2.10. The smallest absolute Gasteiger partial charge is 0.332 e. The maximum atomic E-state index is 10.8. The maximum absolute atomic E-state index is 10.8. The molecule has 0 saturated carbocycles. The normalized spacial score (nSPS) is 14.4. The molecule has 4 heteroatoms. The third kappa shape index (κ3) is 5.26. The molecule has 0 bridgehead atoms. The Morgan fingerprint density at radius 3 is 1.25 bits per heavy atom. The third-order valence-corrected chi connectivity index (χ3v) is 3.22. The minimum absolute atomic E-state index is 0.0144. The summed E-state index contributed by atoms with van der Waals surface area (Å²) in [6, 6.07) is 0. The van der Waals surface area contributed by atoms with Crippen molar-refractivity contribution in [2.45, 2.75) is 40.5 Å². The summed E-state index contributed by atoms with van der Waals surface area (Å²) >= 11 is 0. The van der Waals surface area contributed by atoms with Crippen LogP contribution in [0, 0.1) is 0 Å². The quantitative estimate of drug-likeness (QED) is 0.609. The van der Waals surface area contributed by atoms with E-state index in [2.05, 4.69) is 13.2 Å². The van der Waals surface area contributed by atoms with Crippen molar-refractivity contribution in [2.75, 3.05) is 0 Å². The van der Waals surface area contributed by atoms with Crippen molar-refractivity contribution in [2.24, 2.45) is 0 Å². The van der Waals surface area contributed by atoms with E-state index in [1.807, 2.05) is 27.7 Å². The second-order valence-corrected chi connectivity index (χ2v) is 5.04. The molecule has 110 valence electrons. The first-order valence-corrected chi connectivity index (χ1v) is 6.23. The fourth-order valence-corrected chi connectivity index (χ4v) is 1.45. The van der Waals surface area contributed by atoms with E-state index in [0.29, 0.717) is 0 Å². The summed E-state index contributed by atoms with van der Waals surface area (Å²) in [5, 5.41) is 17.6. The Balaban J connectivity index is 0.000000511. The summed E-state index contributed by atoms with van der Waals surface area (Å²) in [5.74, 6) is -2.26. The largest absolute Gasteiger partial charge is 0.478 e. The van der Waals surface area contributed by atoms with Crippen molar-refractivity contribution >= 4 is 11.9 Å². The molecule has 0 heterocycles. The van der Waals surface area contributed by atoms with Crippen LogP contribution in [0.1, 0.15) is 40.5 Å². The van der Waals surface area contributed by atoms with E-state index in [9.17, 15) is 9.59 Å². The Morgan fingerprint density at radius 2 is 1.10 bits per heavy atom. The standard InChI is InChI=1S/C10H12O4.C6H10/c1-5-3-7(9(11)12)8(10(13)14)4-6(5)2;1-5(2)6(3)4/h3-4H2,1-2H3,(H,11,12)(H,13,14);1,3H2,2,4H3. The Bertz CT molecular complexity index is 473. The van der Waals surface area contributed by atoms with Gasteiger partial charge < -0.3 is 10.2 Å². The molecule has 0 aromatic heterocycles. The van der Waals surface area contributed by atoms with Gasteiger partial charge in [0.15, 0.2) is 0 Å². The molecule has 1 aliphatic carbocycles. The summed E-state index contributed by atoms with van der Waals surface area (Å²) in [5.41, 5.74) is 4.06. The topological polar surface area (TPSA) is 74.6 Å². The Morgan fingerprint density at radius 1 is 0.850 bits per heavy atom. The number of carboxylic acids is 2. The number of hydrogen-bond donors (Lipinski definition) is 2. The van der Waals surface area contributed by atoms with Gasteiger partial charge in [0, 0.05) is 12.8 Å². The summed E-state index contributed by atoms with van der Waals surface area (Å²) in [6.45, 7) is 14.9. The fraction of sp³-hybridized carbons (Fsp3) is 0.375. The van der Waals surface area contributed by atoms with Gasteiger partial charge in [0.05, 0.1) is 11.1 Å². The molecular formula is C16H22O4. The fourth-order valence-electron chi connectivity index (χ4n) is 1.45. The highest BCUT2D eigenvalue weighted by Crippen LogP contribution is 2.29. The molecular weight excluding hydrogens is 256 g/mol. The summed E-state index contributed by atoms with van der Waals surface area (Å²) in [6.07, 6.45) is 0.478. The van der Waals surface area contributed by atoms with Crippen molar-refractivity contribution in [3.63, 3.8) is 0 Å². The minimum atomic E-state index is -1.13. The Kier molecular flexibility index (Phi) is 6.69. The first-order valence-electron chi connectivity index (χ1n) is 6.23. The van der Waals surface area contributed by atoms with Gasteiger partial charge >= 0.3 is 11.9 Å². The number of rotatable bonds is 3. The van der Waals surface area contributed by atoms with E-state index in [-0.39, 0.29) is 24.0 Å². The average Bonchev–Trinajstić information content (AvgIpc) is 2.32. The molecule has 0 aromatic carbocycles. The van der Waals surface area contributed by atoms with E-state index in [1.54, 1.807) is 0 Å². The van der Waals surface area contributed by atoms with Crippen LogP contribution in [0.2, 0.25) is 0 Å². The SMILES string of the molecule is C=C(C)C(=C)C.CC1=C(C)CC(C(=O)O)=C(C(=O)O)C1. The van der Waals surface area contributed by atoms with Gasteiger partial charge in [-0.3, -0.25) is 0 Å². The van der Waals surface area contributed by atoms with Crippen LogP contribution in [0.4, 0.5) is 0 Å². The molecule has 0 aromatic rings. The van der Waals surface area contributed by atoms with Crippen LogP contribution in [0.5, 0.6) is 0 Å². The monoisotopic (exact) mass is 278 g/mol. The molecule has 2 N–H and O–H groups in total. The summed E-state index contributed by atoms with van der Waals surface area (Å²) in [7, 11) is 0. The zero-order valence-electron chi connectivity index (χ0n) is 12.5. The molecule has 1 aliphatic rings. The molecule has 0 amide bonds. The van der Waals surface area contributed by atoms with Gasteiger partial charge in [-0.05, 0) is 27.7 Å². The van der Waals surface area contributed by atoms with Gasteiger partial charge in [0.1, 0.15) is 0 Å². The lowest BCUT2D eigenvalue weighted by Crippen LogP contribution is -2.16. The number of hydrogen-bond acceptors (Lipinski definition) is 2. The Labute approximate surface area is 119 Å². The van der Waals surface area contributed by atoms with Crippen LogP contribution < -0.4 is 0 Å². The molecule has 20 heavy (non-hydrogen) atoms. The lowest BCUT2D eigenvalue weighted by Gasteiger charge is -2.17. The first-order chi connectivity index (χ1) is 9.07. The predicted octanol–water partition coefficient (Wildman–Crippen LogP) is 3.72. The van der Waals surface area contributed by atoms with E-state index in [4.69, 9.17) is 10.2 Å². The zero-order chi connectivity index (χ0) is 16.0. The summed E-state index contributed by atoms with van der Waals surface area (Å²) < 4.78 is 0. The highest BCUT2D eigenvalue weighted by atomic mass is 16.4. The van der Waals surface area contributed by atoms with Gasteiger partial charge in [-0.2, -0.15) is 0 Å². The van der Waals surface area contributed by atoms with E-state index < -0.39 is 11.9 Å². The van der Waals surface area contributed by atoms with E-state index in [1.165, 1.54) is 0 Å². The van der Waals surface area contributed by atoms with Crippen LogP contribution in [0.3, 0.4) is 0 Å². The van der Waals surface area contributed by atoms with Crippen LogP contribution >= 0.6 is 0 Å². The molecule has 0 unspecified atom stereocenters. The number of carboxylic acid groups (broad SMARTS) is 2.